The van der Waals surface area contributed by atoms with E-state index in [9.17, 15) is 8.78 Å². The van der Waals surface area contributed by atoms with Crippen LogP contribution in [0.4, 0.5) is 14.5 Å². The van der Waals surface area contributed by atoms with Gasteiger partial charge in [-0.1, -0.05) is 11.6 Å². The van der Waals surface area contributed by atoms with E-state index in [0.29, 0.717) is 17.3 Å². The van der Waals surface area contributed by atoms with Gasteiger partial charge in [0.2, 0.25) is 5.88 Å². The quantitative estimate of drug-likeness (QED) is 0.497. The zero-order valence-corrected chi connectivity index (χ0v) is 12.5. The molecule has 0 saturated carbocycles. The van der Waals surface area contributed by atoms with E-state index in [1.54, 1.807) is 6.07 Å². The van der Waals surface area contributed by atoms with Gasteiger partial charge in [-0.15, -0.1) is 0 Å². The van der Waals surface area contributed by atoms with E-state index in [1.165, 1.54) is 36.9 Å². The Balaban J connectivity index is 2.04. The molecule has 0 fully saturated rings. The molecule has 2 aromatic rings. The van der Waals surface area contributed by atoms with Gasteiger partial charge in [-0.25, -0.2) is 18.7 Å². The summed E-state index contributed by atoms with van der Waals surface area (Å²) in [4.78, 5) is 11.7. The summed E-state index contributed by atoms with van der Waals surface area (Å²) in [5.74, 6) is 5.59. The van der Waals surface area contributed by atoms with Crippen molar-refractivity contribution in [1.82, 2.24) is 9.97 Å². The van der Waals surface area contributed by atoms with Gasteiger partial charge in [0.1, 0.15) is 18.6 Å². The van der Waals surface area contributed by atoms with Crippen LogP contribution < -0.4 is 10.6 Å². The fraction of sp³-hybridized carbons (Fsp3) is 0.143. The van der Waals surface area contributed by atoms with Gasteiger partial charge in [0.15, 0.2) is 0 Å². The Morgan fingerprint density at radius 3 is 2.87 bits per heavy atom. The fourth-order valence-corrected chi connectivity index (χ4v) is 1.75. The predicted octanol–water partition coefficient (Wildman–Crippen LogP) is 3.16. The normalized spacial score (nSPS) is 12.1. The van der Waals surface area contributed by atoms with E-state index >= 15 is 0 Å². The van der Waals surface area contributed by atoms with Crippen LogP contribution in [0.15, 0.2) is 46.9 Å². The van der Waals surface area contributed by atoms with Crippen LogP contribution in [0.3, 0.4) is 0 Å². The van der Waals surface area contributed by atoms with E-state index in [-0.39, 0.29) is 17.2 Å². The number of halogens is 3. The molecule has 23 heavy (non-hydrogen) atoms. The molecule has 0 aliphatic rings. The van der Waals surface area contributed by atoms with Crippen molar-refractivity contribution in [2.45, 2.75) is 6.43 Å². The number of aliphatic imine (C=N–C) groups is 1. The Labute approximate surface area is 135 Å². The van der Waals surface area contributed by atoms with Crippen molar-refractivity contribution in [3.05, 3.63) is 47.4 Å². The first-order valence-electron chi connectivity index (χ1n) is 6.37. The number of nitrogens with zero attached hydrogens (tertiary/aromatic N) is 4. The van der Waals surface area contributed by atoms with Gasteiger partial charge in [0, 0.05) is 22.8 Å². The number of aromatic nitrogens is 2. The van der Waals surface area contributed by atoms with Gasteiger partial charge in [-0.3, -0.25) is 4.99 Å². The highest BCUT2D eigenvalue weighted by atomic mass is 35.5. The Bertz CT molecular complexity index is 710. The minimum atomic E-state index is -2.68. The molecule has 0 radical (unpaired) electrons. The highest BCUT2D eigenvalue weighted by molar-refractivity contribution is 6.32. The number of hydrazone groups is 1. The highest BCUT2D eigenvalue weighted by Crippen LogP contribution is 2.30. The first-order chi connectivity index (χ1) is 11.1. The van der Waals surface area contributed by atoms with Gasteiger partial charge in [0.05, 0.1) is 11.9 Å². The molecule has 1 heterocycles. The summed E-state index contributed by atoms with van der Waals surface area (Å²) in [6, 6.07) is 5.62. The Hall–Kier alpha value is -2.61. The lowest BCUT2D eigenvalue weighted by Gasteiger charge is -2.05. The molecule has 1 aromatic carbocycles. The molecule has 0 spiro atoms. The molecule has 6 nitrogen and oxygen atoms in total. The number of rotatable bonds is 6. The lowest BCUT2D eigenvalue weighted by atomic mass is 10.2. The average Bonchev–Trinajstić information content (AvgIpc) is 2.57. The lowest BCUT2D eigenvalue weighted by Crippen LogP contribution is -2.15. The van der Waals surface area contributed by atoms with E-state index in [1.807, 2.05) is 0 Å². The fourth-order valence-electron chi connectivity index (χ4n) is 1.55. The smallest absolute Gasteiger partial charge is 0.265 e. The molecule has 1 aromatic heterocycles. The molecule has 0 saturated heterocycles. The van der Waals surface area contributed by atoms with Crippen LogP contribution in [0.5, 0.6) is 5.88 Å². The molecule has 0 unspecified atom stereocenters. The van der Waals surface area contributed by atoms with Crippen LogP contribution in [-0.2, 0) is 0 Å². The topological polar surface area (TPSA) is 85.8 Å². The van der Waals surface area contributed by atoms with Crippen LogP contribution in [0, 0.1) is 0 Å². The highest BCUT2D eigenvalue weighted by Gasteiger charge is 2.12. The summed E-state index contributed by atoms with van der Waals surface area (Å²) in [5, 5.41) is 3.50. The number of alkyl halides is 2. The molecule has 0 aliphatic carbocycles. The zero-order valence-electron chi connectivity index (χ0n) is 11.7. The molecular weight excluding hydrogens is 328 g/mol. The standard InChI is InChI=1S/C14H12ClF2N5O/c15-12-2-1-9(5-11(12)14(16)17)20-6-10(22-18)7-23-13-3-4-19-8-21-13/h1-6,8,14H,7,18H2. The van der Waals surface area contributed by atoms with Crippen LogP contribution in [-0.4, -0.2) is 28.5 Å². The monoisotopic (exact) mass is 339 g/mol. The number of benzene rings is 1. The van der Waals surface area contributed by atoms with Gasteiger partial charge in [0.25, 0.3) is 6.43 Å². The average molecular weight is 340 g/mol. The van der Waals surface area contributed by atoms with E-state index in [0.717, 1.165) is 0 Å². The van der Waals surface area contributed by atoms with Gasteiger partial charge in [-0.05, 0) is 18.2 Å². The summed E-state index contributed by atoms with van der Waals surface area (Å²) in [6.45, 7) is 0.0201. The Morgan fingerprint density at radius 1 is 1.39 bits per heavy atom. The van der Waals surface area contributed by atoms with Crippen LogP contribution >= 0.6 is 11.6 Å². The van der Waals surface area contributed by atoms with Gasteiger partial charge in [-0.2, -0.15) is 5.10 Å². The number of ether oxygens (including phenoxy) is 1. The third-order valence-corrected chi connectivity index (χ3v) is 3.01. The summed E-state index contributed by atoms with van der Waals surface area (Å²) >= 11 is 5.69. The maximum atomic E-state index is 12.8. The molecule has 2 rings (SSSR count). The Morgan fingerprint density at radius 2 is 2.22 bits per heavy atom. The Kier molecular flexibility index (Phi) is 5.93. The SMILES string of the molecule is NN=C(C=Nc1ccc(Cl)c(C(F)F)c1)COc1ccncn1. The second-order valence-corrected chi connectivity index (χ2v) is 4.63. The van der Waals surface area contributed by atoms with E-state index in [4.69, 9.17) is 22.2 Å². The molecule has 0 aliphatic heterocycles. The van der Waals surface area contributed by atoms with Crippen molar-refractivity contribution in [3.63, 3.8) is 0 Å². The van der Waals surface area contributed by atoms with Crippen molar-refractivity contribution < 1.29 is 13.5 Å². The summed E-state index contributed by atoms with van der Waals surface area (Å²) < 4.78 is 30.9. The third kappa shape index (κ3) is 4.96. The maximum absolute atomic E-state index is 12.8. The van der Waals surface area contributed by atoms with Gasteiger partial charge >= 0.3 is 0 Å². The van der Waals surface area contributed by atoms with Crippen LogP contribution in [0.2, 0.25) is 5.02 Å². The minimum Gasteiger partial charge on any atom is -0.471 e. The summed E-state index contributed by atoms with van der Waals surface area (Å²) in [6.07, 6.45) is 1.50. The minimum absolute atomic E-state index is 0.0150. The molecule has 120 valence electrons. The molecule has 9 heteroatoms. The van der Waals surface area contributed by atoms with Crippen molar-refractivity contribution in [3.8, 4) is 5.88 Å². The molecule has 0 bridgehead atoms. The molecule has 0 amide bonds. The number of hydrogen-bond donors (Lipinski definition) is 1. The second kappa shape index (κ2) is 8.14. The van der Waals surface area contributed by atoms with Crippen molar-refractivity contribution >= 4 is 29.2 Å². The maximum Gasteiger partial charge on any atom is 0.265 e. The number of nitrogens with two attached hydrogens (primary N) is 1. The van der Waals surface area contributed by atoms with E-state index in [2.05, 4.69) is 20.1 Å². The molecule has 0 atom stereocenters. The number of hydrogen-bond acceptors (Lipinski definition) is 6. The zero-order chi connectivity index (χ0) is 16.7. The molecular formula is C14H12ClF2N5O. The van der Waals surface area contributed by atoms with Gasteiger partial charge < -0.3 is 10.6 Å². The first kappa shape index (κ1) is 16.8. The largest absolute Gasteiger partial charge is 0.471 e. The van der Waals surface area contributed by atoms with Crippen LogP contribution in [0.25, 0.3) is 0 Å². The van der Waals surface area contributed by atoms with Crippen molar-refractivity contribution in [1.29, 1.82) is 0 Å². The second-order valence-electron chi connectivity index (χ2n) is 4.22. The molecule has 2 N–H and O–H groups in total. The lowest BCUT2D eigenvalue weighted by molar-refractivity contribution is 0.151. The third-order valence-electron chi connectivity index (χ3n) is 2.67. The summed E-state index contributed by atoms with van der Waals surface area (Å²) in [7, 11) is 0. The van der Waals surface area contributed by atoms with Crippen LogP contribution in [0.1, 0.15) is 12.0 Å². The first-order valence-corrected chi connectivity index (χ1v) is 6.75. The predicted molar refractivity (Wildman–Crippen MR) is 83.7 cm³/mol. The van der Waals surface area contributed by atoms with Crippen molar-refractivity contribution in [2.24, 2.45) is 15.9 Å². The summed E-state index contributed by atoms with van der Waals surface area (Å²) in [5.41, 5.74) is 0.315. The van der Waals surface area contributed by atoms with Crippen molar-refractivity contribution in [2.75, 3.05) is 6.61 Å². The van der Waals surface area contributed by atoms with E-state index < -0.39 is 6.43 Å².